The predicted molar refractivity (Wildman–Crippen MR) is 75.1 cm³/mol. The van der Waals surface area contributed by atoms with Gasteiger partial charge in [0.25, 0.3) is 0 Å². The third-order valence-corrected chi connectivity index (χ3v) is 3.98. The van der Waals surface area contributed by atoms with E-state index in [2.05, 4.69) is 16.3 Å². The van der Waals surface area contributed by atoms with Gasteiger partial charge in [-0.3, -0.25) is 4.90 Å². The molecule has 0 amide bonds. The lowest BCUT2D eigenvalue weighted by atomic mass is 10.0. The highest BCUT2D eigenvalue weighted by Crippen LogP contribution is 2.25. The van der Waals surface area contributed by atoms with Crippen LogP contribution in [0.15, 0.2) is 18.2 Å². The maximum Gasteiger partial charge on any atom is 0.0628 e. The molecule has 0 aromatic heterocycles. The van der Waals surface area contributed by atoms with E-state index in [0.29, 0.717) is 0 Å². The van der Waals surface area contributed by atoms with Gasteiger partial charge in [-0.1, -0.05) is 23.7 Å². The van der Waals surface area contributed by atoms with Gasteiger partial charge in [0.1, 0.15) is 0 Å². The van der Waals surface area contributed by atoms with Gasteiger partial charge in [0.2, 0.25) is 0 Å². The monoisotopic (exact) mass is 268 g/mol. The summed E-state index contributed by atoms with van der Waals surface area (Å²) in [5, 5.41) is 13.8. The zero-order valence-electron chi connectivity index (χ0n) is 10.8. The second-order valence-electron chi connectivity index (χ2n) is 4.85. The van der Waals surface area contributed by atoms with Gasteiger partial charge in [0.05, 0.1) is 12.6 Å². The first-order valence-electron chi connectivity index (χ1n) is 6.54. The summed E-state index contributed by atoms with van der Waals surface area (Å²) in [6, 6.07) is 6.13. The molecule has 0 saturated carbocycles. The highest BCUT2D eigenvalue weighted by molar-refractivity contribution is 6.31. The highest BCUT2D eigenvalue weighted by Gasteiger charge is 2.20. The third kappa shape index (κ3) is 3.23. The van der Waals surface area contributed by atoms with Gasteiger partial charge in [-0.15, -0.1) is 0 Å². The van der Waals surface area contributed by atoms with E-state index < -0.39 is 0 Å². The van der Waals surface area contributed by atoms with Gasteiger partial charge in [-0.05, 0) is 37.1 Å². The van der Waals surface area contributed by atoms with Gasteiger partial charge in [0.15, 0.2) is 0 Å². The van der Waals surface area contributed by atoms with Crippen molar-refractivity contribution in [2.45, 2.75) is 19.4 Å². The predicted octanol–water partition coefficient (Wildman–Crippen LogP) is 1.98. The van der Waals surface area contributed by atoms with Crippen molar-refractivity contribution in [2.75, 3.05) is 32.8 Å². The maximum atomic E-state index is 9.68. The van der Waals surface area contributed by atoms with Crippen LogP contribution in [0.5, 0.6) is 0 Å². The van der Waals surface area contributed by atoms with Crippen LogP contribution in [0.2, 0.25) is 5.02 Å². The molecule has 1 aromatic carbocycles. The molecule has 1 atom stereocenters. The maximum absolute atomic E-state index is 9.68. The van der Waals surface area contributed by atoms with Crippen molar-refractivity contribution < 1.29 is 5.11 Å². The van der Waals surface area contributed by atoms with Crippen LogP contribution in [0.3, 0.4) is 0 Å². The second kappa shape index (κ2) is 6.53. The molecular formula is C14H21ClN2O. The average molecular weight is 269 g/mol. The Morgan fingerprint density at radius 3 is 2.94 bits per heavy atom. The lowest BCUT2D eigenvalue weighted by Gasteiger charge is -2.29. The van der Waals surface area contributed by atoms with E-state index in [1.54, 1.807) is 0 Å². The molecular weight excluding hydrogens is 248 g/mol. The summed E-state index contributed by atoms with van der Waals surface area (Å²) >= 11 is 6.17. The van der Waals surface area contributed by atoms with Crippen LogP contribution in [-0.2, 0) is 0 Å². The Morgan fingerprint density at radius 1 is 1.39 bits per heavy atom. The quantitative estimate of drug-likeness (QED) is 0.880. The molecule has 100 valence electrons. The summed E-state index contributed by atoms with van der Waals surface area (Å²) in [4.78, 5) is 2.33. The largest absolute Gasteiger partial charge is 0.394 e. The summed E-state index contributed by atoms with van der Waals surface area (Å²) in [7, 11) is 0. The summed E-state index contributed by atoms with van der Waals surface area (Å²) in [6.45, 7) is 6.16. The Bertz CT molecular complexity index is 389. The Hall–Kier alpha value is -0.610. The fraction of sp³-hybridized carbons (Fsp3) is 0.571. The molecule has 1 unspecified atom stereocenters. The normalized spacial score (nSPS) is 19.5. The summed E-state index contributed by atoms with van der Waals surface area (Å²) in [5.74, 6) is 0. The van der Waals surface area contributed by atoms with E-state index >= 15 is 0 Å². The summed E-state index contributed by atoms with van der Waals surface area (Å²) < 4.78 is 0. The molecule has 1 heterocycles. The van der Waals surface area contributed by atoms with Gasteiger partial charge < -0.3 is 10.4 Å². The van der Waals surface area contributed by atoms with Crippen molar-refractivity contribution in [3.63, 3.8) is 0 Å². The minimum Gasteiger partial charge on any atom is -0.394 e. The molecule has 0 spiro atoms. The fourth-order valence-corrected chi connectivity index (χ4v) is 2.62. The average Bonchev–Trinajstić information content (AvgIpc) is 2.64. The van der Waals surface area contributed by atoms with Gasteiger partial charge in [-0.25, -0.2) is 0 Å². The van der Waals surface area contributed by atoms with Crippen LogP contribution in [0.1, 0.15) is 23.6 Å². The zero-order chi connectivity index (χ0) is 13.0. The Morgan fingerprint density at radius 2 is 2.22 bits per heavy atom. The van der Waals surface area contributed by atoms with Crippen LogP contribution in [0.25, 0.3) is 0 Å². The molecule has 2 rings (SSSR count). The lowest BCUT2D eigenvalue weighted by Crippen LogP contribution is -2.34. The first-order valence-corrected chi connectivity index (χ1v) is 6.92. The number of aliphatic hydroxyl groups excluding tert-OH is 1. The number of aliphatic hydroxyl groups is 1. The van der Waals surface area contributed by atoms with Crippen LogP contribution in [0.4, 0.5) is 0 Å². The zero-order valence-corrected chi connectivity index (χ0v) is 11.6. The van der Waals surface area contributed by atoms with E-state index in [1.807, 2.05) is 19.1 Å². The highest BCUT2D eigenvalue weighted by atomic mass is 35.5. The molecule has 3 nitrogen and oxygen atoms in total. The molecule has 0 radical (unpaired) electrons. The molecule has 1 saturated heterocycles. The van der Waals surface area contributed by atoms with Gasteiger partial charge >= 0.3 is 0 Å². The van der Waals surface area contributed by atoms with Gasteiger partial charge in [0, 0.05) is 24.7 Å². The topological polar surface area (TPSA) is 35.5 Å². The van der Waals surface area contributed by atoms with E-state index in [0.717, 1.165) is 48.7 Å². The molecule has 1 aliphatic heterocycles. The van der Waals surface area contributed by atoms with E-state index in [1.165, 1.54) is 0 Å². The summed E-state index contributed by atoms with van der Waals surface area (Å²) in [6.07, 6.45) is 1.12. The molecule has 4 heteroatoms. The molecule has 1 aliphatic rings. The third-order valence-electron chi connectivity index (χ3n) is 3.57. The molecule has 0 bridgehead atoms. The smallest absolute Gasteiger partial charge is 0.0628 e. The van der Waals surface area contributed by atoms with Gasteiger partial charge in [-0.2, -0.15) is 0 Å². The fourth-order valence-electron chi connectivity index (χ4n) is 2.43. The molecule has 1 fully saturated rings. The Labute approximate surface area is 114 Å². The summed E-state index contributed by atoms with van der Waals surface area (Å²) in [5.41, 5.74) is 2.18. The Kier molecular flexibility index (Phi) is 5.01. The lowest BCUT2D eigenvalue weighted by molar-refractivity contribution is 0.130. The minimum absolute atomic E-state index is 0.0583. The van der Waals surface area contributed by atoms with E-state index in [4.69, 9.17) is 11.6 Å². The van der Waals surface area contributed by atoms with Crippen molar-refractivity contribution in [3.05, 3.63) is 34.3 Å². The number of benzene rings is 1. The van der Waals surface area contributed by atoms with Crippen molar-refractivity contribution in [3.8, 4) is 0 Å². The number of rotatable bonds is 3. The van der Waals surface area contributed by atoms with Crippen LogP contribution < -0.4 is 5.32 Å². The van der Waals surface area contributed by atoms with Crippen molar-refractivity contribution in [2.24, 2.45) is 0 Å². The molecule has 1 aromatic rings. The Balaban J connectivity index is 2.17. The first-order chi connectivity index (χ1) is 8.72. The molecule has 18 heavy (non-hydrogen) atoms. The van der Waals surface area contributed by atoms with E-state index in [-0.39, 0.29) is 12.6 Å². The van der Waals surface area contributed by atoms with Crippen LogP contribution in [0, 0.1) is 6.92 Å². The molecule has 0 aliphatic carbocycles. The van der Waals surface area contributed by atoms with Crippen LogP contribution in [-0.4, -0.2) is 42.8 Å². The molecule has 2 N–H and O–H groups in total. The number of hydrogen-bond acceptors (Lipinski definition) is 3. The number of halogens is 1. The first kappa shape index (κ1) is 13.8. The number of hydrogen-bond donors (Lipinski definition) is 2. The number of aryl methyl sites for hydroxylation is 1. The minimum atomic E-state index is 0.0583. The number of nitrogens with one attached hydrogen (secondary N) is 1. The van der Waals surface area contributed by atoms with Crippen molar-refractivity contribution in [1.29, 1.82) is 0 Å². The van der Waals surface area contributed by atoms with Crippen molar-refractivity contribution >= 4 is 11.6 Å². The van der Waals surface area contributed by atoms with Crippen molar-refractivity contribution in [1.82, 2.24) is 10.2 Å². The number of nitrogens with zero attached hydrogens (tertiary/aromatic N) is 1. The van der Waals surface area contributed by atoms with Crippen LogP contribution >= 0.6 is 11.6 Å². The van der Waals surface area contributed by atoms with E-state index in [9.17, 15) is 5.11 Å². The standard InChI is InChI=1S/C14H21ClN2O/c1-11-3-4-12(9-13(11)15)14(10-18)17-7-2-5-16-6-8-17/h3-4,9,14,16,18H,2,5-8,10H2,1H3. The second-order valence-corrected chi connectivity index (χ2v) is 5.25. The SMILES string of the molecule is Cc1ccc(C(CO)N2CCCNCC2)cc1Cl.